The Morgan fingerprint density at radius 3 is 2.24 bits per heavy atom. The first-order chi connectivity index (χ1) is 17.9. The summed E-state index contributed by atoms with van der Waals surface area (Å²) in [4.78, 5) is 23.4. The third kappa shape index (κ3) is 4.00. The third-order valence-corrected chi connectivity index (χ3v) is 9.58. The Morgan fingerprint density at radius 1 is 1.03 bits per heavy atom. The number of nitrogens with zero attached hydrogens (tertiary/aromatic N) is 8. The minimum atomic E-state index is -4.43. The minimum Gasteiger partial charge on any atom is -0.382 e. The normalized spacial score (nSPS) is 25.8. The molecule has 3 saturated heterocycles. The molecule has 0 bridgehead atoms. The van der Waals surface area contributed by atoms with E-state index in [1.165, 1.54) is 4.68 Å². The number of hydrogen-bond acceptors (Lipinski definition) is 6. The van der Waals surface area contributed by atoms with Gasteiger partial charge in [-0.05, 0) is 57.7 Å². The number of halogens is 3. The SMILES string of the molecule is Cn1nc(C(F)(F)F)cc1CN1CCC2(CC1)CN(C(=O)N1CC3(CC(n4cnc(C5(O)CC5)n4)C3)C1)C2. The third-order valence-electron chi connectivity index (χ3n) is 9.58. The average molecular weight is 535 g/mol. The fourth-order valence-electron chi connectivity index (χ4n) is 6.91. The highest BCUT2D eigenvalue weighted by Crippen LogP contribution is 2.55. The Kier molecular flexibility index (Phi) is 5.09. The lowest BCUT2D eigenvalue weighted by molar-refractivity contribution is -0.141. The number of alkyl halides is 3. The van der Waals surface area contributed by atoms with Gasteiger partial charge in [-0.3, -0.25) is 9.58 Å². The fourth-order valence-corrected chi connectivity index (χ4v) is 6.91. The van der Waals surface area contributed by atoms with Crippen molar-refractivity contribution in [3.63, 3.8) is 0 Å². The van der Waals surface area contributed by atoms with Crippen LogP contribution in [-0.4, -0.2) is 89.7 Å². The van der Waals surface area contributed by atoms with Crippen molar-refractivity contribution < 1.29 is 23.1 Å². The van der Waals surface area contributed by atoms with Crippen molar-refractivity contribution in [2.75, 3.05) is 39.3 Å². The molecule has 38 heavy (non-hydrogen) atoms. The van der Waals surface area contributed by atoms with Crippen molar-refractivity contribution in [3.05, 3.63) is 29.6 Å². The van der Waals surface area contributed by atoms with E-state index >= 15 is 0 Å². The minimum absolute atomic E-state index is 0.126. The van der Waals surface area contributed by atoms with Gasteiger partial charge in [0.05, 0.1) is 11.7 Å². The Hall–Kier alpha value is -2.67. The maximum atomic E-state index is 13.0. The monoisotopic (exact) mass is 534 g/mol. The van der Waals surface area contributed by atoms with Gasteiger partial charge in [0, 0.05) is 50.6 Å². The van der Waals surface area contributed by atoms with E-state index in [-0.39, 0.29) is 16.9 Å². The standard InChI is InChI=1S/C25H33F3N8O2/c1-32-17(8-19(30-32)25(26,27)28)11-33-6-4-22(5-7-33)12-34(13-22)21(37)35-14-23(15-35)9-18(10-23)36-16-29-20(31-36)24(38)2-3-24/h8,16,18,38H,2-7,9-15H2,1H3. The summed E-state index contributed by atoms with van der Waals surface area (Å²) in [5, 5.41) is 18.3. The van der Waals surface area contributed by atoms with Gasteiger partial charge in [-0.25, -0.2) is 14.5 Å². The van der Waals surface area contributed by atoms with Crippen molar-refractivity contribution in [3.8, 4) is 0 Å². The molecule has 3 aliphatic heterocycles. The number of amides is 2. The Bertz CT molecular complexity index is 1240. The van der Waals surface area contributed by atoms with Crippen LogP contribution in [0.15, 0.2) is 12.4 Å². The molecule has 2 aromatic heterocycles. The predicted molar refractivity (Wildman–Crippen MR) is 128 cm³/mol. The van der Waals surface area contributed by atoms with Gasteiger partial charge >= 0.3 is 12.2 Å². The zero-order chi connectivity index (χ0) is 26.5. The number of aryl methyl sites for hydroxylation is 1. The molecule has 0 unspecified atom stereocenters. The number of rotatable bonds is 4. The molecule has 2 aliphatic carbocycles. The van der Waals surface area contributed by atoms with E-state index in [1.807, 2.05) is 14.5 Å². The number of aliphatic hydroxyl groups is 1. The van der Waals surface area contributed by atoms with E-state index < -0.39 is 17.5 Å². The molecule has 2 amide bonds. The predicted octanol–water partition coefficient (Wildman–Crippen LogP) is 2.37. The number of urea groups is 1. The highest BCUT2D eigenvalue weighted by molar-refractivity contribution is 5.76. The topological polar surface area (TPSA) is 95.6 Å². The average Bonchev–Trinajstić information content (AvgIpc) is 3.18. The zero-order valence-corrected chi connectivity index (χ0v) is 21.5. The first kappa shape index (κ1) is 24.4. The molecule has 2 aromatic rings. The highest BCUT2D eigenvalue weighted by Gasteiger charge is 2.57. The van der Waals surface area contributed by atoms with Gasteiger partial charge in [0.1, 0.15) is 11.9 Å². The van der Waals surface area contributed by atoms with E-state index in [0.29, 0.717) is 24.1 Å². The van der Waals surface area contributed by atoms with E-state index in [1.54, 1.807) is 13.4 Å². The van der Waals surface area contributed by atoms with Gasteiger partial charge in [0.25, 0.3) is 0 Å². The Balaban J connectivity index is 0.851. The van der Waals surface area contributed by atoms with Crippen molar-refractivity contribution in [2.24, 2.45) is 17.9 Å². The van der Waals surface area contributed by atoms with Gasteiger partial charge in [0.2, 0.25) is 0 Å². The summed E-state index contributed by atoms with van der Waals surface area (Å²) in [6, 6.07) is 1.56. The van der Waals surface area contributed by atoms with Crippen LogP contribution in [0.3, 0.4) is 0 Å². The number of hydrogen-bond donors (Lipinski definition) is 1. The second kappa shape index (κ2) is 7.93. The molecule has 0 aromatic carbocycles. The number of aromatic nitrogens is 5. The molecule has 0 atom stereocenters. The summed E-state index contributed by atoms with van der Waals surface area (Å²) in [6.07, 6.45) is 2.63. The van der Waals surface area contributed by atoms with Crippen LogP contribution in [-0.2, 0) is 25.4 Å². The van der Waals surface area contributed by atoms with Crippen LogP contribution >= 0.6 is 0 Å². The number of carbonyl (C=O) groups is 1. The van der Waals surface area contributed by atoms with Gasteiger partial charge in [-0.1, -0.05) is 0 Å². The Labute approximate surface area is 218 Å². The fraction of sp³-hybridized carbons (Fsp3) is 0.760. The number of carbonyl (C=O) groups excluding carboxylic acids is 1. The van der Waals surface area contributed by atoms with Gasteiger partial charge in [0.15, 0.2) is 11.5 Å². The van der Waals surface area contributed by atoms with Crippen molar-refractivity contribution in [2.45, 2.75) is 62.9 Å². The molecule has 5 heterocycles. The highest BCUT2D eigenvalue weighted by atomic mass is 19.4. The first-order valence-corrected chi connectivity index (χ1v) is 13.5. The maximum absolute atomic E-state index is 13.0. The molecule has 5 aliphatic rings. The molecule has 7 rings (SSSR count). The van der Waals surface area contributed by atoms with Crippen LogP contribution in [0.2, 0.25) is 0 Å². The van der Waals surface area contributed by atoms with Gasteiger partial charge < -0.3 is 14.9 Å². The molecular weight excluding hydrogens is 501 g/mol. The Morgan fingerprint density at radius 2 is 1.66 bits per heavy atom. The van der Waals surface area contributed by atoms with E-state index in [2.05, 4.69) is 20.1 Å². The molecule has 2 spiro atoms. The van der Waals surface area contributed by atoms with Crippen LogP contribution in [0.4, 0.5) is 18.0 Å². The molecule has 2 saturated carbocycles. The quantitative estimate of drug-likeness (QED) is 0.647. The maximum Gasteiger partial charge on any atom is 0.435 e. The van der Waals surface area contributed by atoms with Crippen LogP contribution in [0.5, 0.6) is 0 Å². The lowest BCUT2D eigenvalue weighted by Crippen LogP contribution is -2.70. The van der Waals surface area contributed by atoms with Crippen molar-refractivity contribution >= 4 is 6.03 Å². The number of piperidine rings is 1. The molecule has 1 N–H and O–H groups in total. The largest absolute Gasteiger partial charge is 0.435 e. The van der Waals surface area contributed by atoms with Crippen molar-refractivity contribution in [1.82, 2.24) is 39.2 Å². The molecule has 206 valence electrons. The van der Waals surface area contributed by atoms with Gasteiger partial charge in [-0.2, -0.15) is 23.4 Å². The number of likely N-dealkylation sites (tertiary alicyclic amines) is 3. The second-order valence-corrected chi connectivity index (χ2v) is 12.6. The van der Waals surface area contributed by atoms with Gasteiger partial charge in [-0.15, -0.1) is 0 Å². The van der Waals surface area contributed by atoms with Crippen LogP contribution < -0.4 is 0 Å². The molecule has 0 radical (unpaired) electrons. The lowest BCUT2D eigenvalue weighted by Gasteiger charge is -2.61. The van der Waals surface area contributed by atoms with E-state index in [9.17, 15) is 23.1 Å². The smallest absolute Gasteiger partial charge is 0.382 e. The summed E-state index contributed by atoms with van der Waals surface area (Å²) in [5.74, 6) is 0.536. The second-order valence-electron chi connectivity index (χ2n) is 12.6. The summed E-state index contributed by atoms with van der Waals surface area (Å²) in [5.41, 5.74) is -0.766. The molecule has 13 heteroatoms. The summed E-state index contributed by atoms with van der Waals surface area (Å²) in [6.45, 7) is 5.17. The zero-order valence-electron chi connectivity index (χ0n) is 21.5. The summed E-state index contributed by atoms with van der Waals surface area (Å²) < 4.78 is 42.1. The first-order valence-electron chi connectivity index (χ1n) is 13.5. The molecule has 10 nitrogen and oxygen atoms in total. The van der Waals surface area contributed by atoms with Crippen LogP contribution in [0.1, 0.15) is 61.8 Å². The lowest BCUT2D eigenvalue weighted by atomic mass is 9.60. The summed E-state index contributed by atoms with van der Waals surface area (Å²) in [7, 11) is 1.56. The van der Waals surface area contributed by atoms with E-state index in [0.717, 1.165) is 83.9 Å². The van der Waals surface area contributed by atoms with Crippen molar-refractivity contribution in [1.29, 1.82) is 0 Å². The molecule has 5 fully saturated rings. The summed E-state index contributed by atoms with van der Waals surface area (Å²) >= 11 is 0. The van der Waals surface area contributed by atoms with Crippen LogP contribution in [0, 0.1) is 10.8 Å². The van der Waals surface area contributed by atoms with E-state index in [4.69, 9.17) is 0 Å². The van der Waals surface area contributed by atoms with Crippen LogP contribution in [0.25, 0.3) is 0 Å². The molecular formula is C25H33F3N8O2.